The first-order chi connectivity index (χ1) is 46.0. The van der Waals surface area contributed by atoms with Crippen molar-refractivity contribution in [3.8, 4) is 101 Å². The molecule has 0 N–H and O–H groups in total. The molecule has 18 rings (SSSR count). The molecule has 0 radical (unpaired) electrons. The monoisotopic (exact) mass is 1190 g/mol. The van der Waals surface area contributed by atoms with Gasteiger partial charge in [-0.25, -0.2) is 13.5 Å². The first-order valence-corrected chi connectivity index (χ1v) is 31.3. The fourth-order valence-electron chi connectivity index (χ4n) is 12.5. The van der Waals surface area contributed by atoms with Crippen LogP contribution in [0.1, 0.15) is 0 Å². The normalized spacial score (nSPS) is 11.2. The third-order valence-corrected chi connectivity index (χ3v) is 17.4. The number of hydrogen-bond donors (Lipinski definition) is 0. The number of aromatic nitrogens is 7. The quantitative estimate of drug-likeness (QED) is 0.144. The number of fused-ring (bicyclic) bond motifs is 9. The average molecular weight is 1190 g/mol. The summed E-state index contributed by atoms with van der Waals surface area (Å²) in [5.41, 5.74) is 27.5. The van der Waals surface area contributed by atoms with Gasteiger partial charge in [0.25, 0.3) is 0 Å². The van der Waals surface area contributed by atoms with Gasteiger partial charge >= 0.3 is 0 Å². The van der Waals surface area contributed by atoms with Crippen LogP contribution in [0.5, 0.6) is 0 Å². The molecule has 0 aliphatic carbocycles. The molecule has 93 heavy (non-hydrogen) atoms. The Kier molecular flexibility index (Phi) is 14.8. The minimum absolute atomic E-state index is 0.980. The van der Waals surface area contributed by atoms with Crippen LogP contribution in [0.25, 0.3) is 150 Å². The maximum absolute atomic E-state index is 4.88. The van der Waals surface area contributed by atoms with Crippen molar-refractivity contribution < 1.29 is 0 Å². The van der Waals surface area contributed by atoms with Gasteiger partial charge in [-0.15, -0.1) is 0 Å². The second-order valence-electron chi connectivity index (χ2n) is 23.2. The average Bonchev–Trinajstić information content (AvgIpc) is 1.77. The first-order valence-electron chi connectivity index (χ1n) is 31.3. The SMILES string of the molecule is c1cc(-c2ccncc2)cc(-c2ccc(-c3cc4ccc5ccccc5n4n3)cc2)c1.c1ccc(-c2ccc(-c3ccc(-c4cc5ccc6ccccc6n5n4)cc3)cc2)cc1.c1ccc(-c2cccc(-c3ccc(-c4cc5ccc6ccccc6n5n4)cc3)c2)cc1. The molecule has 0 amide bonds. The highest BCUT2D eigenvalue weighted by Gasteiger charge is 2.13. The van der Waals surface area contributed by atoms with Gasteiger partial charge in [0.05, 0.1) is 50.2 Å². The van der Waals surface area contributed by atoms with E-state index in [0.717, 1.165) is 66.9 Å². The molecule has 0 aliphatic heterocycles. The zero-order valence-corrected chi connectivity index (χ0v) is 50.7. The first kappa shape index (κ1) is 55.7. The number of pyridine rings is 4. The lowest BCUT2D eigenvalue weighted by Crippen LogP contribution is -1.90. The largest absolute Gasteiger partial charge is 0.265 e. The molecule has 11 aromatic carbocycles. The van der Waals surface area contributed by atoms with E-state index in [1.165, 1.54) is 82.9 Å². The molecule has 0 saturated heterocycles. The molecule has 0 spiro atoms. The highest BCUT2D eigenvalue weighted by molar-refractivity contribution is 5.87. The molecule has 0 aliphatic rings. The predicted molar refractivity (Wildman–Crippen MR) is 385 cm³/mol. The Morgan fingerprint density at radius 1 is 0.172 bits per heavy atom. The Balaban J connectivity index is 0.000000111. The fraction of sp³-hybridized carbons (Fsp3) is 0. The highest BCUT2D eigenvalue weighted by atomic mass is 15.2. The van der Waals surface area contributed by atoms with Crippen LogP contribution in [-0.4, -0.2) is 33.8 Å². The molecule has 0 bridgehead atoms. The second kappa shape index (κ2) is 24.8. The van der Waals surface area contributed by atoms with Crippen LogP contribution < -0.4 is 0 Å². The van der Waals surface area contributed by atoms with Crippen molar-refractivity contribution in [2.45, 2.75) is 0 Å². The van der Waals surface area contributed by atoms with E-state index in [4.69, 9.17) is 15.3 Å². The summed E-state index contributed by atoms with van der Waals surface area (Å²) in [6, 6.07) is 121. The Hall–Kier alpha value is -12.6. The number of benzene rings is 11. The Labute approximate surface area is 538 Å². The van der Waals surface area contributed by atoms with Crippen molar-refractivity contribution in [3.05, 3.63) is 358 Å². The molecule has 438 valence electrons. The molecular weight excluding hydrogens is 1130 g/mol. The molecule has 0 unspecified atom stereocenters. The van der Waals surface area contributed by atoms with E-state index >= 15 is 0 Å². The second-order valence-corrected chi connectivity index (χ2v) is 23.2. The van der Waals surface area contributed by atoms with Gasteiger partial charge in [-0.1, -0.05) is 267 Å². The molecule has 0 atom stereocenters. The van der Waals surface area contributed by atoms with Gasteiger partial charge in [-0.2, -0.15) is 15.3 Å². The molecule has 0 saturated carbocycles. The molecule has 7 nitrogen and oxygen atoms in total. The standard InChI is InChI=1S/2C29H20N2.C28H19N3/c1-2-7-21(8-3-1)25-10-6-11-26(19-25)22-13-15-23(16-14-22)28-20-27-18-17-24-9-4-5-12-29(24)31(27)30-28;1-2-6-21(7-3-1)22-10-12-23(13-11-22)24-14-16-25(17-15-24)28-20-27-19-18-26-8-4-5-9-29(26)31(27)30-28;1-2-7-28-23(4-1)12-13-26-19-27(30-31(26)28)22-10-8-20(9-11-22)24-5-3-6-25(18-24)21-14-16-29-17-15-21/h2*1-20H;1-19H. The van der Waals surface area contributed by atoms with E-state index in [1.54, 1.807) is 0 Å². The highest BCUT2D eigenvalue weighted by Crippen LogP contribution is 2.34. The zero-order valence-electron chi connectivity index (χ0n) is 50.7. The maximum atomic E-state index is 4.88. The van der Waals surface area contributed by atoms with Crippen molar-refractivity contribution in [1.82, 2.24) is 33.8 Å². The lowest BCUT2D eigenvalue weighted by atomic mass is 9.98. The summed E-state index contributed by atoms with van der Waals surface area (Å²) in [6.45, 7) is 0. The number of hydrogen-bond acceptors (Lipinski definition) is 4. The maximum Gasteiger partial charge on any atom is 0.0933 e. The van der Waals surface area contributed by atoms with Gasteiger partial charge in [0.1, 0.15) is 0 Å². The van der Waals surface area contributed by atoms with Crippen LogP contribution in [0.15, 0.2) is 358 Å². The molecule has 7 heteroatoms. The Morgan fingerprint density at radius 2 is 0.419 bits per heavy atom. The topological polar surface area (TPSA) is 64.8 Å². The minimum atomic E-state index is 0.980. The lowest BCUT2D eigenvalue weighted by Gasteiger charge is -2.07. The van der Waals surface area contributed by atoms with E-state index in [2.05, 4.69) is 327 Å². The van der Waals surface area contributed by atoms with E-state index in [0.29, 0.717) is 0 Å². The fourth-order valence-corrected chi connectivity index (χ4v) is 12.5. The van der Waals surface area contributed by atoms with E-state index < -0.39 is 0 Å². The number of rotatable bonds is 9. The Bertz CT molecular complexity index is 5400. The lowest BCUT2D eigenvalue weighted by molar-refractivity contribution is 1.01. The van der Waals surface area contributed by atoms with Crippen LogP contribution in [-0.2, 0) is 0 Å². The molecule has 18 aromatic rings. The number of nitrogens with zero attached hydrogens (tertiary/aromatic N) is 7. The summed E-state index contributed by atoms with van der Waals surface area (Å²) in [5.74, 6) is 0. The van der Waals surface area contributed by atoms with E-state index in [1.807, 2.05) is 50.2 Å². The third kappa shape index (κ3) is 11.5. The zero-order chi connectivity index (χ0) is 61.9. The van der Waals surface area contributed by atoms with Gasteiger partial charge < -0.3 is 0 Å². The van der Waals surface area contributed by atoms with Gasteiger partial charge in [0.2, 0.25) is 0 Å². The minimum Gasteiger partial charge on any atom is -0.265 e. The van der Waals surface area contributed by atoms with Crippen molar-refractivity contribution in [2.24, 2.45) is 0 Å². The van der Waals surface area contributed by atoms with Gasteiger partial charge in [-0.05, 0) is 146 Å². The van der Waals surface area contributed by atoms with Gasteiger partial charge in [0.15, 0.2) is 0 Å². The van der Waals surface area contributed by atoms with Crippen molar-refractivity contribution >= 4 is 49.3 Å². The summed E-state index contributed by atoms with van der Waals surface area (Å²) in [7, 11) is 0. The van der Waals surface area contributed by atoms with Crippen molar-refractivity contribution in [2.75, 3.05) is 0 Å². The summed E-state index contributed by atoms with van der Waals surface area (Å²) in [4.78, 5) is 4.11. The summed E-state index contributed by atoms with van der Waals surface area (Å²) < 4.78 is 6.08. The third-order valence-electron chi connectivity index (χ3n) is 17.4. The summed E-state index contributed by atoms with van der Waals surface area (Å²) in [5, 5.41) is 18.2. The van der Waals surface area contributed by atoms with Crippen LogP contribution in [0.4, 0.5) is 0 Å². The predicted octanol–water partition coefficient (Wildman–Crippen LogP) is 21.9. The van der Waals surface area contributed by atoms with E-state index in [-0.39, 0.29) is 0 Å². The summed E-state index contributed by atoms with van der Waals surface area (Å²) >= 11 is 0. The van der Waals surface area contributed by atoms with Crippen LogP contribution in [0.2, 0.25) is 0 Å². The van der Waals surface area contributed by atoms with Crippen LogP contribution in [0.3, 0.4) is 0 Å². The van der Waals surface area contributed by atoms with Crippen molar-refractivity contribution in [1.29, 1.82) is 0 Å². The molecule has 7 aromatic heterocycles. The number of para-hydroxylation sites is 3. The molecule has 0 fully saturated rings. The Morgan fingerprint density at radius 3 is 0.753 bits per heavy atom. The van der Waals surface area contributed by atoms with Gasteiger partial charge in [-0.3, -0.25) is 4.98 Å². The van der Waals surface area contributed by atoms with E-state index in [9.17, 15) is 0 Å². The van der Waals surface area contributed by atoms with Crippen LogP contribution >= 0.6 is 0 Å². The van der Waals surface area contributed by atoms with Crippen molar-refractivity contribution in [3.63, 3.8) is 0 Å². The molecular formula is C86H59N7. The summed E-state index contributed by atoms with van der Waals surface area (Å²) in [6.07, 6.45) is 3.66. The van der Waals surface area contributed by atoms with Gasteiger partial charge in [0, 0.05) is 45.2 Å². The smallest absolute Gasteiger partial charge is 0.0933 e. The molecule has 7 heterocycles. The van der Waals surface area contributed by atoms with Crippen LogP contribution in [0, 0.1) is 0 Å².